The molecule has 31 heteroatoms. The summed E-state index contributed by atoms with van der Waals surface area (Å²) in [5, 5.41) is 37.0. The van der Waals surface area contributed by atoms with Crippen molar-refractivity contribution in [3.05, 3.63) is 232 Å². The second-order valence-electron chi connectivity index (χ2n) is 25.2. The van der Waals surface area contributed by atoms with Crippen molar-refractivity contribution in [1.82, 2.24) is 78.5 Å². The number of imide groups is 3. The van der Waals surface area contributed by atoms with E-state index in [1.165, 1.54) is 0 Å². The number of aromatic nitrogens is 13. The van der Waals surface area contributed by atoms with Crippen molar-refractivity contribution in [2.75, 3.05) is 19.5 Å². The molecule has 0 saturated heterocycles. The standard InChI is InChI=1S/C26H21ClN6O2.C24H21ClN4O5S.C23H19ClN4O3.C3H4N2.Na.H/c1-31-14-19(18-13-16(27)7-8-20(18)31)22-23(26(35)29-25(22)34)24-17-5-2-3-6-21(17)33(30-24)11-4-10-32-12-9-28-15-32;1-28-13-17(16-12-14(25)8-9-18(16)28)20-21(24(31)26-23(20)30)22-15-6-3-4-7-19(15)29(27-22)10-5-11-34-35(2,32)33;1-27-12-16(15-11-13(24)7-8-17(15)27)19-20(23(31)25-22(19)30)21-14-5-2-3-6-18(14)28(26-21)9-4-10-29;1-2-5-3-4-1;;/h2-3,5-9,12-15H,4,10-11H2,1H3,(H,29,34,35);3-4,6-9,12-13H,5,10-11H2,1-2H3,(H,26,30,31);2-3,5-8,11-12,29H,4,9-10H2,1H3,(H,25,30,31);1-3H,(H,4,5);;/q;;;;+1;-1. The molecule has 0 saturated carbocycles. The Bertz CT molecular complexity index is 6110. The van der Waals surface area contributed by atoms with Gasteiger partial charge in [0.25, 0.3) is 45.6 Å². The summed E-state index contributed by atoms with van der Waals surface area (Å²) in [5.41, 5.74) is 9.94. The number of aliphatic hydroxyl groups is 1. The van der Waals surface area contributed by atoms with E-state index in [2.05, 4.69) is 41.1 Å². The van der Waals surface area contributed by atoms with Gasteiger partial charge >= 0.3 is 29.6 Å². The summed E-state index contributed by atoms with van der Waals surface area (Å²) in [4.78, 5) is 88.6. The Hall–Kier alpha value is -10.9. The zero-order valence-corrected chi connectivity index (χ0v) is 63.3. The minimum atomic E-state index is -3.54. The van der Waals surface area contributed by atoms with Gasteiger partial charge in [0.15, 0.2) is 0 Å². The molecule has 0 fully saturated rings. The fourth-order valence-electron chi connectivity index (χ4n) is 13.6. The summed E-state index contributed by atoms with van der Waals surface area (Å²) in [6, 6.07) is 39.1. The van der Waals surface area contributed by atoms with Gasteiger partial charge in [-0.15, -0.1) is 0 Å². The summed E-state index contributed by atoms with van der Waals surface area (Å²) in [7, 11) is 2.10. The fraction of sp³-hybridized carbons (Fsp3) is 0.171. The minimum absolute atomic E-state index is 0. The van der Waals surface area contributed by atoms with Crippen LogP contribution in [0.2, 0.25) is 15.1 Å². The molecule has 0 aliphatic carbocycles. The molecular weight excluding hydrogens is 1460 g/mol. The maximum Gasteiger partial charge on any atom is 1.00 e. The van der Waals surface area contributed by atoms with E-state index >= 15 is 0 Å². The molecule has 5 N–H and O–H groups in total. The van der Waals surface area contributed by atoms with E-state index in [4.69, 9.17) is 44.1 Å². The van der Waals surface area contributed by atoms with Gasteiger partial charge < -0.3 is 29.8 Å². The number of hydrogen-bond acceptors (Lipinski definition) is 15. The average Bonchev–Trinajstić information content (AvgIpc) is 1.59. The van der Waals surface area contributed by atoms with Crippen LogP contribution in [0.1, 0.15) is 54.5 Å². The van der Waals surface area contributed by atoms with Crippen LogP contribution in [-0.2, 0) is 90.4 Å². The molecule has 17 rings (SSSR count). The molecule has 0 bridgehead atoms. The van der Waals surface area contributed by atoms with Crippen molar-refractivity contribution in [2.24, 2.45) is 21.1 Å². The Morgan fingerprint density at radius 3 is 1.17 bits per heavy atom. The molecule has 14 aromatic rings. The Morgan fingerprint density at radius 1 is 0.458 bits per heavy atom. The first-order valence-electron chi connectivity index (χ1n) is 33.4. The molecule has 6 aromatic carbocycles. The Labute approximate surface area is 648 Å². The summed E-state index contributed by atoms with van der Waals surface area (Å²) in [5.74, 6) is -2.84. The number of nitrogens with zero attached hydrogens (tertiary/aromatic N) is 12. The molecular formula is C76H66Cl3N16NaO10S. The van der Waals surface area contributed by atoms with E-state index in [0.717, 1.165) is 79.3 Å². The third-order valence-corrected chi connectivity index (χ3v) is 19.5. The number of imidazole rings is 2. The van der Waals surface area contributed by atoms with Crippen LogP contribution in [0.5, 0.6) is 0 Å². The van der Waals surface area contributed by atoms with Crippen LogP contribution in [0, 0.1) is 0 Å². The first-order valence-corrected chi connectivity index (χ1v) is 36.4. The van der Waals surface area contributed by atoms with Gasteiger partial charge in [0.2, 0.25) is 0 Å². The molecule has 107 heavy (non-hydrogen) atoms. The maximum absolute atomic E-state index is 13.1. The number of carbonyl (C=O) groups excluding carboxylic acids is 6. The first-order chi connectivity index (χ1) is 51.1. The van der Waals surface area contributed by atoms with Crippen molar-refractivity contribution in [3.8, 4) is 0 Å². The number of aryl methyl sites for hydroxylation is 7. The summed E-state index contributed by atoms with van der Waals surface area (Å²) in [6.45, 7) is 2.35. The maximum atomic E-state index is 13.1. The van der Waals surface area contributed by atoms with Crippen LogP contribution in [0.15, 0.2) is 183 Å². The molecule has 26 nitrogen and oxygen atoms in total. The summed E-state index contributed by atoms with van der Waals surface area (Å²) < 4.78 is 40.4. The number of aliphatic hydroxyl groups excluding tert-OH is 1. The molecule has 0 unspecified atom stereocenters. The van der Waals surface area contributed by atoms with Crippen molar-refractivity contribution in [1.29, 1.82) is 0 Å². The number of amides is 6. The molecule has 538 valence electrons. The molecule has 0 atom stereocenters. The van der Waals surface area contributed by atoms with Crippen LogP contribution >= 0.6 is 34.8 Å². The SMILES string of the molecule is Cn1cc(C2=C(c3nn(CCCO)c4ccccc34)C(=O)NC2=O)c2cc(Cl)ccc21.Cn1cc(C2=C(c3nn(CCCOS(C)(=O)=O)c4ccccc34)C(=O)NC2=O)c2cc(Cl)ccc21.Cn1cc(C2=C(c3nn(CCCn4ccnc4)c4ccccc34)C(=O)NC2=O)c2cc(Cl)ccc21.[H-].[Na+].c1c[nH]cn1. The molecule has 6 amide bonds. The number of benzene rings is 6. The number of H-pyrrole nitrogens is 1. The number of carbonyl (C=O) groups is 6. The zero-order chi connectivity index (χ0) is 74.2. The van der Waals surface area contributed by atoms with Gasteiger partial charge in [-0.1, -0.05) is 89.4 Å². The predicted molar refractivity (Wildman–Crippen MR) is 407 cm³/mol. The Morgan fingerprint density at radius 2 is 0.832 bits per heavy atom. The first kappa shape index (κ1) is 74.4. The van der Waals surface area contributed by atoms with Crippen LogP contribution in [0.4, 0.5) is 0 Å². The second-order valence-corrected chi connectivity index (χ2v) is 28.1. The molecule has 0 radical (unpaired) electrons. The number of para-hydroxylation sites is 3. The number of halogens is 3. The normalized spacial score (nSPS) is 13.8. The van der Waals surface area contributed by atoms with Crippen LogP contribution in [-0.4, -0.2) is 131 Å². The summed E-state index contributed by atoms with van der Waals surface area (Å²) >= 11 is 18.7. The minimum Gasteiger partial charge on any atom is -1.00 e. The van der Waals surface area contributed by atoms with Gasteiger partial charge in [-0.25, -0.2) is 9.97 Å². The average molecular weight is 1520 g/mol. The topological polar surface area (TPSA) is 317 Å². The smallest absolute Gasteiger partial charge is 1.00 e. The zero-order valence-electron chi connectivity index (χ0n) is 59.2. The Balaban J connectivity index is 0.000000145. The fourth-order valence-corrected chi connectivity index (χ4v) is 14.6. The third kappa shape index (κ3) is 14.9. The van der Waals surface area contributed by atoms with Crippen molar-refractivity contribution >= 4 is 179 Å². The van der Waals surface area contributed by atoms with Gasteiger partial charge in [-0.2, -0.15) is 23.7 Å². The van der Waals surface area contributed by atoms with E-state index in [1.54, 1.807) is 71.1 Å². The van der Waals surface area contributed by atoms with E-state index in [0.29, 0.717) is 92.3 Å². The van der Waals surface area contributed by atoms with Crippen molar-refractivity contribution in [3.63, 3.8) is 0 Å². The van der Waals surface area contributed by atoms with Crippen LogP contribution in [0.25, 0.3) is 98.9 Å². The predicted octanol–water partition coefficient (Wildman–Crippen LogP) is 7.81. The van der Waals surface area contributed by atoms with E-state index in [-0.39, 0.29) is 72.1 Å². The number of fused-ring (bicyclic) bond motifs is 6. The quantitative estimate of drug-likeness (QED) is 0.0237. The molecule has 11 heterocycles. The van der Waals surface area contributed by atoms with Crippen molar-refractivity contribution in [2.45, 2.75) is 45.4 Å². The third-order valence-electron chi connectivity index (χ3n) is 18.2. The largest absolute Gasteiger partial charge is 1.00 e. The number of aromatic amines is 1. The summed E-state index contributed by atoms with van der Waals surface area (Å²) in [6.07, 6.45) is 18.8. The van der Waals surface area contributed by atoms with Gasteiger partial charge in [0.05, 0.1) is 75.5 Å². The molecule has 8 aromatic heterocycles. The second kappa shape index (κ2) is 31.3. The number of hydrogen-bond donors (Lipinski definition) is 5. The van der Waals surface area contributed by atoms with E-state index in [1.807, 2.05) is 166 Å². The van der Waals surface area contributed by atoms with Crippen LogP contribution in [0.3, 0.4) is 0 Å². The van der Waals surface area contributed by atoms with Crippen molar-refractivity contribution < 1.29 is 77.5 Å². The van der Waals surface area contributed by atoms with Crippen LogP contribution < -0.4 is 45.5 Å². The van der Waals surface area contributed by atoms with E-state index < -0.39 is 45.6 Å². The monoisotopic (exact) mass is 1520 g/mol. The number of nitrogens with one attached hydrogen (secondary N) is 4. The van der Waals surface area contributed by atoms with Gasteiger partial charge in [0, 0.05) is 178 Å². The van der Waals surface area contributed by atoms with Gasteiger partial charge in [-0.05, 0) is 92.1 Å². The van der Waals surface area contributed by atoms with E-state index in [9.17, 15) is 42.3 Å². The van der Waals surface area contributed by atoms with Gasteiger partial charge in [-0.3, -0.25) is 62.9 Å². The van der Waals surface area contributed by atoms with Gasteiger partial charge in [0.1, 0.15) is 17.1 Å². The Kier molecular flexibility index (Phi) is 21.8. The molecule has 0 spiro atoms. The number of rotatable bonds is 18. The molecule has 3 aliphatic heterocycles. The molecule has 3 aliphatic rings.